The zero-order chi connectivity index (χ0) is 15.4. The van der Waals surface area contributed by atoms with E-state index in [0.29, 0.717) is 13.0 Å². The van der Waals surface area contributed by atoms with Gasteiger partial charge < -0.3 is 9.47 Å². The quantitative estimate of drug-likeness (QED) is 0.852. The first-order valence-electron chi connectivity index (χ1n) is 6.96. The molecule has 1 atom stereocenters. The Hall–Kier alpha value is -1.88. The molecule has 2 aromatic rings. The topological polar surface area (TPSA) is 42.3 Å². The normalized spacial score (nSPS) is 12.1. The Bertz CT molecular complexity index is 660. The largest absolute Gasteiger partial charge is 0.339 e. The van der Waals surface area contributed by atoms with E-state index >= 15 is 0 Å². The highest BCUT2D eigenvalue weighted by Gasteiger charge is 2.17. The number of rotatable bonds is 5. The zero-order valence-corrected chi connectivity index (χ0v) is 13.4. The van der Waals surface area contributed by atoms with Gasteiger partial charge in [0.2, 0.25) is 5.91 Å². The van der Waals surface area contributed by atoms with Crippen molar-refractivity contribution in [2.24, 2.45) is 0 Å². The van der Waals surface area contributed by atoms with Gasteiger partial charge in [-0.2, -0.15) is 0 Å². The van der Waals surface area contributed by atoms with Gasteiger partial charge in [-0.15, -0.1) is 0 Å². The van der Waals surface area contributed by atoms with E-state index < -0.39 is 0 Å². The number of benzene rings is 1. The number of thiazole rings is 1. The lowest BCUT2D eigenvalue weighted by molar-refractivity contribution is -0.132. The van der Waals surface area contributed by atoms with Crippen molar-refractivity contribution in [2.45, 2.75) is 32.9 Å². The molecule has 1 amide bonds. The lowest BCUT2D eigenvalue weighted by Gasteiger charge is -2.25. The van der Waals surface area contributed by atoms with Crippen LogP contribution in [0.25, 0.3) is 0 Å². The predicted molar refractivity (Wildman–Crippen MR) is 85.6 cm³/mol. The third kappa shape index (κ3) is 3.61. The van der Waals surface area contributed by atoms with Crippen molar-refractivity contribution in [3.05, 3.63) is 56.6 Å². The van der Waals surface area contributed by atoms with Crippen LogP contribution in [0.4, 0.5) is 0 Å². The number of aromatic nitrogens is 1. The second-order valence-electron chi connectivity index (χ2n) is 5.14. The van der Waals surface area contributed by atoms with Crippen LogP contribution in [-0.4, -0.2) is 22.4 Å². The van der Waals surface area contributed by atoms with Gasteiger partial charge in [0, 0.05) is 31.1 Å². The van der Waals surface area contributed by atoms with E-state index in [4.69, 9.17) is 0 Å². The molecule has 0 saturated heterocycles. The summed E-state index contributed by atoms with van der Waals surface area (Å²) in [6.45, 7) is 4.34. The lowest BCUT2D eigenvalue weighted by atomic mass is 10.1. The number of nitrogens with zero attached hydrogens (tertiary/aromatic N) is 2. The molecule has 0 aliphatic carbocycles. The van der Waals surface area contributed by atoms with E-state index in [9.17, 15) is 9.59 Å². The molecule has 21 heavy (non-hydrogen) atoms. The monoisotopic (exact) mass is 304 g/mol. The maximum absolute atomic E-state index is 12.3. The van der Waals surface area contributed by atoms with Crippen molar-refractivity contribution in [2.75, 3.05) is 7.05 Å². The predicted octanol–water partition coefficient (Wildman–Crippen LogP) is 2.83. The van der Waals surface area contributed by atoms with Crippen LogP contribution in [-0.2, 0) is 11.3 Å². The molecule has 0 bridgehead atoms. The highest BCUT2D eigenvalue weighted by molar-refractivity contribution is 7.07. The van der Waals surface area contributed by atoms with Crippen LogP contribution in [0.5, 0.6) is 0 Å². The summed E-state index contributed by atoms with van der Waals surface area (Å²) in [4.78, 5) is 25.7. The Balaban J connectivity index is 1.99. The van der Waals surface area contributed by atoms with Crippen molar-refractivity contribution < 1.29 is 4.79 Å². The van der Waals surface area contributed by atoms with E-state index in [2.05, 4.69) is 0 Å². The van der Waals surface area contributed by atoms with E-state index in [1.807, 2.05) is 56.6 Å². The summed E-state index contributed by atoms with van der Waals surface area (Å²) >= 11 is 1.18. The first-order valence-corrected chi connectivity index (χ1v) is 7.84. The summed E-state index contributed by atoms with van der Waals surface area (Å²) in [5, 5.41) is 1.82. The first-order chi connectivity index (χ1) is 10.0. The second kappa shape index (κ2) is 6.72. The average Bonchev–Trinajstić information content (AvgIpc) is 2.83. The lowest BCUT2D eigenvalue weighted by Crippen LogP contribution is -2.31. The molecule has 5 heteroatoms. The van der Waals surface area contributed by atoms with Gasteiger partial charge in [-0.3, -0.25) is 9.59 Å². The van der Waals surface area contributed by atoms with Crippen molar-refractivity contribution in [3.63, 3.8) is 0 Å². The van der Waals surface area contributed by atoms with Crippen molar-refractivity contribution in [3.8, 4) is 0 Å². The van der Waals surface area contributed by atoms with Gasteiger partial charge in [0.15, 0.2) is 0 Å². The van der Waals surface area contributed by atoms with Gasteiger partial charge in [-0.25, -0.2) is 0 Å². The Kier molecular flexibility index (Phi) is 4.96. The minimum atomic E-state index is -0.000870. The fourth-order valence-corrected chi connectivity index (χ4v) is 2.99. The Labute approximate surface area is 128 Å². The van der Waals surface area contributed by atoms with Crippen molar-refractivity contribution in [1.82, 2.24) is 9.47 Å². The second-order valence-corrected chi connectivity index (χ2v) is 5.96. The zero-order valence-electron chi connectivity index (χ0n) is 12.6. The molecule has 0 spiro atoms. The molecule has 0 aliphatic heterocycles. The van der Waals surface area contributed by atoms with Crippen LogP contribution >= 0.6 is 11.3 Å². The fourth-order valence-electron chi connectivity index (χ4n) is 2.23. The summed E-state index contributed by atoms with van der Waals surface area (Å²) < 4.78 is 1.66. The molecule has 1 unspecified atom stereocenters. The van der Waals surface area contributed by atoms with Crippen LogP contribution in [0.2, 0.25) is 0 Å². The first kappa shape index (κ1) is 15.5. The summed E-state index contributed by atoms with van der Waals surface area (Å²) in [6, 6.07) is 9.96. The minimum Gasteiger partial charge on any atom is -0.339 e. The van der Waals surface area contributed by atoms with Crippen molar-refractivity contribution in [1.29, 1.82) is 0 Å². The van der Waals surface area contributed by atoms with E-state index in [1.165, 1.54) is 11.3 Å². The molecule has 2 rings (SSSR count). The number of hydrogen-bond acceptors (Lipinski definition) is 3. The minimum absolute atomic E-state index is 0.000870. The van der Waals surface area contributed by atoms with Crippen LogP contribution in [0.1, 0.15) is 30.6 Å². The van der Waals surface area contributed by atoms with Gasteiger partial charge in [0.05, 0.1) is 6.04 Å². The maximum Gasteiger partial charge on any atom is 0.307 e. The summed E-state index contributed by atoms with van der Waals surface area (Å²) in [5.41, 5.74) is 2.02. The van der Waals surface area contributed by atoms with E-state index in [0.717, 1.165) is 11.3 Å². The summed E-state index contributed by atoms with van der Waals surface area (Å²) in [6.07, 6.45) is 0.338. The molecular weight excluding hydrogens is 284 g/mol. The molecule has 0 radical (unpaired) electrons. The average molecular weight is 304 g/mol. The number of carbonyl (C=O) groups is 1. The van der Waals surface area contributed by atoms with Gasteiger partial charge >= 0.3 is 4.87 Å². The molecule has 0 aliphatic rings. The number of carbonyl (C=O) groups excluding carboxylic acids is 1. The third-order valence-electron chi connectivity index (χ3n) is 3.78. The smallest absolute Gasteiger partial charge is 0.307 e. The molecule has 1 heterocycles. The number of amides is 1. The van der Waals surface area contributed by atoms with Crippen LogP contribution < -0.4 is 4.87 Å². The summed E-state index contributed by atoms with van der Waals surface area (Å²) in [5.74, 6) is 0.0452. The molecule has 1 aromatic carbocycles. The number of aryl methyl sites for hydroxylation is 1. The molecule has 112 valence electrons. The Morgan fingerprint density at radius 2 is 2.00 bits per heavy atom. The maximum atomic E-state index is 12.3. The Morgan fingerprint density at radius 3 is 2.57 bits per heavy atom. The summed E-state index contributed by atoms with van der Waals surface area (Å²) in [7, 11) is 1.81. The molecule has 0 saturated carbocycles. The molecule has 0 N–H and O–H groups in total. The van der Waals surface area contributed by atoms with Gasteiger partial charge in [0.25, 0.3) is 0 Å². The standard InChI is InChI=1S/C16H20N2O2S/c1-12-11-21-16(20)18(12)10-9-15(19)17(3)13(2)14-7-5-4-6-8-14/h4-8,11,13H,9-10H2,1-3H3. The van der Waals surface area contributed by atoms with Crippen molar-refractivity contribution >= 4 is 17.2 Å². The van der Waals surface area contributed by atoms with E-state index in [1.54, 1.807) is 9.47 Å². The fraction of sp³-hybridized carbons (Fsp3) is 0.375. The van der Waals surface area contributed by atoms with Crippen LogP contribution in [0, 0.1) is 6.92 Å². The van der Waals surface area contributed by atoms with E-state index in [-0.39, 0.29) is 16.8 Å². The highest BCUT2D eigenvalue weighted by atomic mass is 32.1. The van der Waals surface area contributed by atoms with Crippen LogP contribution in [0.15, 0.2) is 40.5 Å². The SMILES string of the molecule is Cc1csc(=O)n1CCC(=O)N(C)C(C)c1ccccc1. The van der Waals surface area contributed by atoms with Gasteiger partial charge in [0.1, 0.15) is 0 Å². The molecule has 4 nitrogen and oxygen atoms in total. The van der Waals surface area contributed by atoms with Crippen LogP contribution in [0.3, 0.4) is 0 Å². The molecular formula is C16H20N2O2S. The molecule has 0 fully saturated rings. The van der Waals surface area contributed by atoms with Gasteiger partial charge in [-0.1, -0.05) is 41.7 Å². The number of hydrogen-bond donors (Lipinski definition) is 0. The molecule has 1 aromatic heterocycles. The highest BCUT2D eigenvalue weighted by Crippen LogP contribution is 2.19. The van der Waals surface area contributed by atoms with Gasteiger partial charge in [-0.05, 0) is 19.4 Å². The Morgan fingerprint density at radius 1 is 1.33 bits per heavy atom. The third-order valence-corrected chi connectivity index (χ3v) is 4.66.